The van der Waals surface area contributed by atoms with Crippen molar-refractivity contribution in [1.29, 1.82) is 0 Å². The molecular formula is C20H23ClN6O3S2. The molecule has 1 saturated heterocycles. The van der Waals surface area contributed by atoms with Gasteiger partial charge in [-0.1, -0.05) is 6.07 Å². The molecule has 0 saturated carbocycles. The van der Waals surface area contributed by atoms with Crippen molar-refractivity contribution in [3.8, 4) is 16.3 Å². The molecule has 2 aromatic heterocycles. The maximum absolute atomic E-state index is 12.1. The van der Waals surface area contributed by atoms with Gasteiger partial charge in [-0.15, -0.1) is 22.9 Å². The third kappa shape index (κ3) is 5.18. The van der Waals surface area contributed by atoms with Crippen molar-refractivity contribution in [3.05, 3.63) is 47.2 Å². The van der Waals surface area contributed by atoms with Crippen LogP contribution >= 0.6 is 22.9 Å². The van der Waals surface area contributed by atoms with E-state index in [1.165, 1.54) is 15.6 Å². The quantitative estimate of drug-likeness (QED) is 0.501. The number of benzene rings is 1. The second-order valence-electron chi connectivity index (χ2n) is 7.49. The average molecular weight is 495 g/mol. The number of hydrogen-bond acceptors (Lipinski definition) is 8. The van der Waals surface area contributed by atoms with E-state index in [-0.39, 0.29) is 11.9 Å². The lowest BCUT2D eigenvalue weighted by atomic mass is 10.1. The summed E-state index contributed by atoms with van der Waals surface area (Å²) in [5, 5.41) is 9.18. The summed E-state index contributed by atoms with van der Waals surface area (Å²) in [4.78, 5) is 13.9. The molecule has 170 valence electrons. The van der Waals surface area contributed by atoms with Crippen LogP contribution in [0, 0.1) is 6.92 Å². The summed E-state index contributed by atoms with van der Waals surface area (Å²) in [5.41, 5.74) is 2.79. The zero-order valence-electron chi connectivity index (χ0n) is 17.5. The molecule has 0 aliphatic carbocycles. The predicted octanol–water partition coefficient (Wildman–Crippen LogP) is 3.61. The molecular weight excluding hydrogens is 472 g/mol. The van der Waals surface area contributed by atoms with Crippen LogP contribution in [0.4, 0.5) is 11.6 Å². The third-order valence-electron chi connectivity index (χ3n) is 5.08. The molecule has 1 aliphatic heterocycles. The Morgan fingerprint density at radius 3 is 2.88 bits per heavy atom. The number of nitrogens with zero attached hydrogens (tertiary/aromatic N) is 4. The highest BCUT2D eigenvalue weighted by molar-refractivity contribution is 7.86. The van der Waals surface area contributed by atoms with Crippen molar-refractivity contribution >= 4 is 44.8 Å². The number of methoxy groups -OCH3 is 1. The van der Waals surface area contributed by atoms with E-state index in [1.54, 1.807) is 25.6 Å². The van der Waals surface area contributed by atoms with Gasteiger partial charge in [0, 0.05) is 36.1 Å². The van der Waals surface area contributed by atoms with Gasteiger partial charge in [0.2, 0.25) is 11.8 Å². The normalized spacial score (nSPS) is 19.6. The van der Waals surface area contributed by atoms with Gasteiger partial charge in [0.15, 0.2) is 0 Å². The Morgan fingerprint density at radius 2 is 2.12 bits per heavy atom. The molecule has 9 nitrogen and oxygen atoms in total. The van der Waals surface area contributed by atoms with E-state index in [0.717, 1.165) is 21.7 Å². The van der Waals surface area contributed by atoms with Gasteiger partial charge >= 0.3 is 0 Å². The number of halogens is 1. The molecule has 0 radical (unpaired) electrons. The monoisotopic (exact) mass is 494 g/mol. The Kier molecular flexibility index (Phi) is 6.63. The molecule has 0 spiro atoms. The number of rotatable bonds is 6. The summed E-state index contributed by atoms with van der Waals surface area (Å²) in [7, 11) is -2.30. The highest BCUT2D eigenvalue weighted by Crippen LogP contribution is 2.39. The first-order valence-corrected chi connectivity index (χ1v) is 12.6. The van der Waals surface area contributed by atoms with Crippen molar-refractivity contribution in [2.24, 2.45) is 5.14 Å². The number of hydrogen-bond donors (Lipinski definition) is 2. The Hall–Kier alpha value is -2.31. The molecule has 2 unspecified atom stereocenters. The van der Waals surface area contributed by atoms with E-state index in [2.05, 4.69) is 20.3 Å². The third-order valence-corrected chi connectivity index (χ3v) is 7.72. The number of thiazole rings is 1. The molecule has 3 heterocycles. The van der Waals surface area contributed by atoms with Gasteiger partial charge in [-0.05, 0) is 43.0 Å². The number of ether oxygens (including phenoxy) is 1. The summed E-state index contributed by atoms with van der Waals surface area (Å²) in [6.45, 7) is 2.27. The minimum absolute atomic E-state index is 0.122. The highest BCUT2D eigenvalue weighted by Gasteiger charge is 2.36. The lowest BCUT2D eigenvalue weighted by Crippen LogP contribution is -2.44. The van der Waals surface area contributed by atoms with Crippen molar-refractivity contribution < 1.29 is 13.2 Å². The molecule has 0 amide bonds. The number of aryl methyl sites for hydroxylation is 1. The van der Waals surface area contributed by atoms with Crippen LogP contribution in [0.1, 0.15) is 29.5 Å². The molecule has 12 heteroatoms. The van der Waals surface area contributed by atoms with Gasteiger partial charge in [0.25, 0.3) is 10.2 Å². The molecule has 3 aromatic rings. The fourth-order valence-electron chi connectivity index (χ4n) is 3.65. The van der Waals surface area contributed by atoms with Gasteiger partial charge in [-0.3, -0.25) is 0 Å². The van der Waals surface area contributed by atoms with Gasteiger partial charge in [0.05, 0.1) is 18.0 Å². The summed E-state index contributed by atoms with van der Waals surface area (Å²) < 4.78 is 30.6. The van der Waals surface area contributed by atoms with Crippen molar-refractivity contribution in [3.63, 3.8) is 0 Å². The number of piperidine rings is 1. The molecule has 0 bridgehead atoms. The average Bonchev–Trinajstić information content (AvgIpc) is 3.23. The molecule has 2 atom stereocenters. The second kappa shape index (κ2) is 9.28. The number of nitrogens with two attached hydrogens (primary N) is 1. The van der Waals surface area contributed by atoms with Crippen LogP contribution in [0.5, 0.6) is 5.88 Å². The van der Waals surface area contributed by atoms with Gasteiger partial charge in [-0.25, -0.2) is 15.1 Å². The van der Waals surface area contributed by atoms with Crippen LogP contribution in [0.15, 0.2) is 36.7 Å². The summed E-state index contributed by atoms with van der Waals surface area (Å²) in [5.74, 6) is 0.886. The van der Waals surface area contributed by atoms with Crippen molar-refractivity contribution in [1.82, 2.24) is 19.3 Å². The molecule has 1 aromatic carbocycles. The van der Waals surface area contributed by atoms with Gasteiger partial charge in [0.1, 0.15) is 5.01 Å². The highest BCUT2D eigenvalue weighted by atomic mass is 35.5. The summed E-state index contributed by atoms with van der Waals surface area (Å²) >= 11 is 7.76. The zero-order valence-corrected chi connectivity index (χ0v) is 19.9. The maximum Gasteiger partial charge on any atom is 0.277 e. The Morgan fingerprint density at radius 1 is 1.31 bits per heavy atom. The minimum atomic E-state index is -3.85. The Bertz CT molecular complexity index is 1220. The molecule has 1 fully saturated rings. The molecule has 32 heavy (non-hydrogen) atoms. The van der Waals surface area contributed by atoms with Crippen LogP contribution < -0.4 is 15.2 Å². The minimum Gasteiger partial charge on any atom is -0.481 e. The largest absolute Gasteiger partial charge is 0.481 e. The van der Waals surface area contributed by atoms with Crippen LogP contribution in [0.2, 0.25) is 0 Å². The fourth-order valence-corrected chi connectivity index (χ4v) is 5.91. The number of nitrogens with one attached hydrogen (secondary N) is 1. The van der Waals surface area contributed by atoms with Crippen LogP contribution in [0.25, 0.3) is 10.4 Å². The molecule has 1 aliphatic rings. The summed E-state index contributed by atoms with van der Waals surface area (Å²) in [6.07, 6.45) is 4.40. The maximum atomic E-state index is 12.1. The predicted molar refractivity (Wildman–Crippen MR) is 126 cm³/mol. The van der Waals surface area contributed by atoms with Crippen molar-refractivity contribution in [2.75, 3.05) is 19.0 Å². The van der Waals surface area contributed by atoms with E-state index in [0.29, 0.717) is 29.7 Å². The van der Waals surface area contributed by atoms with Crippen LogP contribution in [-0.2, 0) is 10.2 Å². The SMILES string of the molecule is COc1ccnc(Nc2cc(C)cc(-c3cnc(C4CC(Cl)CCN4S(N)(=O)=O)s3)c2)n1. The molecule has 4 rings (SSSR count). The lowest BCUT2D eigenvalue weighted by Gasteiger charge is -2.34. The molecule has 3 N–H and O–H groups in total. The number of aromatic nitrogens is 3. The zero-order chi connectivity index (χ0) is 22.9. The van der Waals surface area contributed by atoms with Crippen LogP contribution in [0.3, 0.4) is 0 Å². The van der Waals surface area contributed by atoms with Crippen LogP contribution in [-0.4, -0.2) is 46.7 Å². The Balaban J connectivity index is 1.62. The second-order valence-corrected chi connectivity index (χ2v) is 10.7. The van der Waals surface area contributed by atoms with E-state index in [4.69, 9.17) is 21.5 Å². The van der Waals surface area contributed by atoms with Gasteiger partial charge in [-0.2, -0.15) is 17.7 Å². The number of alkyl halides is 1. The first-order valence-electron chi connectivity index (χ1n) is 9.88. The van der Waals surface area contributed by atoms with Crippen molar-refractivity contribution in [2.45, 2.75) is 31.2 Å². The van der Waals surface area contributed by atoms with E-state index < -0.39 is 16.3 Å². The lowest BCUT2D eigenvalue weighted by molar-refractivity contribution is 0.259. The number of anilines is 2. The summed E-state index contributed by atoms with van der Waals surface area (Å²) in [6, 6.07) is 7.20. The van der Waals surface area contributed by atoms with E-state index in [1.807, 2.05) is 25.1 Å². The fraction of sp³-hybridized carbons (Fsp3) is 0.350. The Labute approximate surface area is 195 Å². The topological polar surface area (TPSA) is 123 Å². The van der Waals surface area contributed by atoms with E-state index in [9.17, 15) is 8.42 Å². The van der Waals surface area contributed by atoms with E-state index >= 15 is 0 Å². The van der Waals surface area contributed by atoms with Gasteiger partial charge < -0.3 is 10.1 Å². The first kappa shape index (κ1) is 22.9. The standard InChI is InChI=1S/C20H23ClN6O3S2/c1-12-7-13(9-15(8-12)25-20-23-5-3-18(26-20)30-2)17-11-24-19(31-17)16-10-14(21)4-6-27(16)32(22,28)29/h3,5,7-9,11,14,16H,4,6,10H2,1-2H3,(H2,22,28,29)(H,23,25,26). The first-order chi connectivity index (χ1) is 15.2. The smallest absolute Gasteiger partial charge is 0.277 e.